The summed E-state index contributed by atoms with van der Waals surface area (Å²) in [6, 6.07) is 0.592. The minimum Gasteiger partial charge on any atom is -0.362 e. The van der Waals surface area contributed by atoms with Crippen LogP contribution < -0.4 is 5.32 Å². The highest BCUT2D eigenvalue weighted by atomic mass is 32.2. The molecule has 1 aliphatic heterocycles. The largest absolute Gasteiger partial charge is 0.362 e. The van der Waals surface area contributed by atoms with E-state index in [2.05, 4.69) is 24.2 Å². The molecular weight excluding hydrogens is 168 g/mol. The van der Waals surface area contributed by atoms with E-state index in [-0.39, 0.29) is 0 Å². The van der Waals surface area contributed by atoms with Gasteiger partial charge in [0, 0.05) is 11.8 Å². The number of rotatable bonds is 4. The Bertz CT molecular complexity index is 157. The lowest BCUT2D eigenvalue weighted by Gasteiger charge is -2.13. The third-order valence-electron chi connectivity index (χ3n) is 1.95. The number of aliphatic imine (C=N–C) groups is 1. The molecule has 0 spiro atoms. The van der Waals surface area contributed by atoms with Crippen molar-refractivity contribution in [3.8, 4) is 0 Å². The fourth-order valence-corrected chi connectivity index (χ4v) is 2.06. The number of nitrogens with zero attached hydrogens (tertiary/aromatic N) is 1. The van der Waals surface area contributed by atoms with Crippen molar-refractivity contribution in [2.75, 3.05) is 12.3 Å². The van der Waals surface area contributed by atoms with Crippen molar-refractivity contribution in [3.05, 3.63) is 0 Å². The molecule has 1 rings (SSSR count). The van der Waals surface area contributed by atoms with Gasteiger partial charge < -0.3 is 5.32 Å². The molecule has 0 saturated carbocycles. The topological polar surface area (TPSA) is 24.4 Å². The maximum absolute atomic E-state index is 4.35. The van der Waals surface area contributed by atoms with Crippen molar-refractivity contribution in [2.45, 2.75) is 39.2 Å². The molecular formula is C9H18N2S. The molecule has 1 N–H and O–H groups in total. The maximum atomic E-state index is 4.35. The highest BCUT2D eigenvalue weighted by Gasteiger charge is 2.09. The van der Waals surface area contributed by atoms with E-state index in [1.807, 2.05) is 11.8 Å². The summed E-state index contributed by atoms with van der Waals surface area (Å²) in [5.74, 6) is 1.16. The van der Waals surface area contributed by atoms with Crippen molar-refractivity contribution in [1.82, 2.24) is 5.32 Å². The zero-order chi connectivity index (χ0) is 8.81. The van der Waals surface area contributed by atoms with Crippen molar-refractivity contribution in [3.63, 3.8) is 0 Å². The molecule has 0 aromatic heterocycles. The summed E-state index contributed by atoms with van der Waals surface area (Å²) in [6.07, 6.45) is 3.85. The van der Waals surface area contributed by atoms with Gasteiger partial charge in [0.1, 0.15) is 0 Å². The minimum atomic E-state index is 0.592. The molecule has 1 aliphatic rings. The van der Waals surface area contributed by atoms with E-state index < -0.39 is 0 Å². The second-order valence-electron chi connectivity index (χ2n) is 3.22. The summed E-state index contributed by atoms with van der Waals surface area (Å²) in [5.41, 5.74) is 0. The summed E-state index contributed by atoms with van der Waals surface area (Å²) in [4.78, 5) is 4.35. The average Bonchev–Trinajstić information content (AvgIpc) is 2.53. The van der Waals surface area contributed by atoms with Gasteiger partial charge in [-0.3, -0.25) is 4.99 Å². The molecule has 0 radical (unpaired) electrons. The zero-order valence-corrected chi connectivity index (χ0v) is 8.78. The number of unbranched alkanes of at least 4 members (excludes halogenated alkanes) is 1. The van der Waals surface area contributed by atoms with Gasteiger partial charge in [-0.15, -0.1) is 0 Å². The predicted octanol–water partition coefficient (Wildman–Crippen LogP) is 2.26. The van der Waals surface area contributed by atoms with Crippen LogP contribution in [0.15, 0.2) is 4.99 Å². The Morgan fingerprint density at radius 3 is 3.08 bits per heavy atom. The van der Waals surface area contributed by atoms with E-state index in [1.165, 1.54) is 19.3 Å². The molecule has 0 saturated heterocycles. The Balaban J connectivity index is 2.12. The zero-order valence-electron chi connectivity index (χ0n) is 7.97. The third-order valence-corrected chi connectivity index (χ3v) is 2.85. The molecule has 1 atom stereocenters. The first-order valence-electron chi connectivity index (χ1n) is 4.76. The Kier molecular flexibility index (Phi) is 4.51. The lowest BCUT2D eigenvalue weighted by Crippen LogP contribution is -2.29. The number of hydrogen-bond acceptors (Lipinski definition) is 3. The first-order chi connectivity index (χ1) is 5.83. The monoisotopic (exact) mass is 186 g/mol. The SMILES string of the molecule is CCCCC(C)NC1=NCCS1. The summed E-state index contributed by atoms with van der Waals surface area (Å²) in [5, 5.41) is 4.58. The number of amidine groups is 1. The van der Waals surface area contributed by atoms with Gasteiger partial charge in [0.25, 0.3) is 0 Å². The first kappa shape index (κ1) is 9.90. The Morgan fingerprint density at radius 2 is 2.50 bits per heavy atom. The maximum Gasteiger partial charge on any atom is 0.156 e. The standard InChI is InChI=1S/C9H18N2S/c1-3-4-5-8(2)11-9-10-6-7-12-9/h8H,3-7H2,1-2H3,(H,10,11). The quantitative estimate of drug-likeness (QED) is 0.728. The van der Waals surface area contributed by atoms with Crippen LogP contribution in [-0.4, -0.2) is 23.5 Å². The molecule has 0 aromatic carbocycles. The van der Waals surface area contributed by atoms with E-state index >= 15 is 0 Å². The molecule has 0 aliphatic carbocycles. The molecule has 0 bridgehead atoms. The normalized spacial score (nSPS) is 19.0. The molecule has 70 valence electrons. The van der Waals surface area contributed by atoms with Gasteiger partial charge >= 0.3 is 0 Å². The van der Waals surface area contributed by atoms with Gasteiger partial charge in [-0.05, 0) is 13.3 Å². The second kappa shape index (κ2) is 5.46. The number of thioether (sulfide) groups is 1. The van der Waals surface area contributed by atoms with Crippen LogP contribution in [0.25, 0.3) is 0 Å². The summed E-state index contributed by atoms with van der Waals surface area (Å²) in [6.45, 7) is 5.46. The molecule has 2 nitrogen and oxygen atoms in total. The lowest BCUT2D eigenvalue weighted by molar-refractivity contribution is 0.573. The van der Waals surface area contributed by atoms with E-state index in [1.54, 1.807) is 0 Å². The van der Waals surface area contributed by atoms with Gasteiger partial charge in [0.05, 0.1) is 6.54 Å². The molecule has 0 fully saturated rings. The Hall–Kier alpha value is -0.180. The van der Waals surface area contributed by atoms with Crippen LogP contribution in [0.1, 0.15) is 33.1 Å². The van der Waals surface area contributed by atoms with Crippen LogP contribution in [0.2, 0.25) is 0 Å². The van der Waals surface area contributed by atoms with Crippen LogP contribution in [0, 0.1) is 0 Å². The molecule has 1 heterocycles. The smallest absolute Gasteiger partial charge is 0.156 e. The van der Waals surface area contributed by atoms with Crippen LogP contribution in [0.5, 0.6) is 0 Å². The van der Waals surface area contributed by atoms with Crippen molar-refractivity contribution >= 4 is 16.9 Å². The average molecular weight is 186 g/mol. The van der Waals surface area contributed by atoms with Gasteiger partial charge in [0.15, 0.2) is 5.17 Å². The fraction of sp³-hybridized carbons (Fsp3) is 0.889. The first-order valence-corrected chi connectivity index (χ1v) is 5.75. The highest BCUT2D eigenvalue weighted by Crippen LogP contribution is 2.10. The van der Waals surface area contributed by atoms with Crippen molar-refractivity contribution < 1.29 is 0 Å². The predicted molar refractivity (Wildman–Crippen MR) is 56.9 cm³/mol. The van der Waals surface area contributed by atoms with Crippen LogP contribution in [-0.2, 0) is 0 Å². The lowest BCUT2D eigenvalue weighted by atomic mass is 10.1. The Labute approximate surface area is 79.2 Å². The van der Waals surface area contributed by atoms with Crippen molar-refractivity contribution in [1.29, 1.82) is 0 Å². The molecule has 12 heavy (non-hydrogen) atoms. The molecule has 0 amide bonds. The van der Waals surface area contributed by atoms with E-state index in [0.29, 0.717) is 6.04 Å². The fourth-order valence-electron chi connectivity index (χ4n) is 1.22. The van der Waals surface area contributed by atoms with E-state index in [9.17, 15) is 0 Å². The second-order valence-corrected chi connectivity index (χ2v) is 4.31. The van der Waals surface area contributed by atoms with Crippen LogP contribution >= 0.6 is 11.8 Å². The third kappa shape index (κ3) is 3.48. The molecule has 1 unspecified atom stereocenters. The van der Waals surface area contributed by atoms with Crippen LogP contribution in [0.3, 0.4) is 0 Å². The minimum absolute atomic E-state index is 0.592. The molecule has 3 heteroatoms. The number of hydrogen-bond donors (Lipinski definition) is 1. The summed E-state index contributed by atoms with van der Waals surface area (Å²) < 4.78 is 0. The van der Waals surface area contributed by atoms with Crippen molar-refractivity contribution in [2.24, 2.45) is 4.99 Å². The summed E-state index contributed by atoms with van der Waals surface area (Å²) >= 11 is 1.84. The van der Waals surface area contributed by atoms with Gasteiger partial charge in [0.2, 0.25) is 0 Å². The number of nitrogens with one attached hydrogen (secondary N) is 1. The summed E-state index contributed by atoms with van der Waals surface area (Å²) in [7, 11) is 0. The van der Waals surface area contributed by atoms with Crippen LogP contribution in [0.4, 0.5) is 0 Å². The van der Waals surface area contributed by atoms with Gasteiger partial charge in [-0.25, -0.2) is 0 Å². The highest BCUT2D eigenvalue weighted by molar-refractivity contribution is 8.14. The Morgan fingerprint density at radius 1 is 1.67 bits per heavy atom. The van der Waals surface area contributed by atoms with E-state index in [4.69, 9.17) is 0 Å². The van der Waals surface area contributed by atoms with Gasteiger partial charge in [-0.2, -0.15) is 0 Å². The molecule has 0 aromatic rings. The van der Waals surface area contributed by atoms with Gasteiger partial charge in [-0.1, -0.05) is 31.5 Å². The van der Waals surface area contributed by atoms with E-state index in [0.717, 1.165) is 17.5 Å².